The molecule has 1 N–H and O–H groups in total. The minimum atomic E-state index is -0.0535. The fourth-order valence-electron chi connectivity index (χ4n) is 3.73. The lowest BCUT2D eigenvalue weighted by atomic mass is 9.84. The number of aromatic hydroxyl groups is 1. The van der Waals surface area contributed by atoms with Crippen LogP contribution in [0.25, 0.3) is 0 Å². The summed E-state index contributed by atoms with van der Waals surface area (Å²) in [4.78, 5) is 2.47. The summed E-state index contributed by atoms with van der Waals surface area (Å²) < 4.78 is 6.21. The maximum Gasteiger partial charge on any atom is 0.115 e. The van der Waals surface area contributed by atoms with Gasteiger partial charge in [-0.15, -0.1) is 0 Å². The van der Waals surface area contributed by atoms with Crippen LogP contribution < -0.4 is 0 Å². The molecule has 1 spiro atoms. The molecule has 0 aliphatic carbocycles. The summed E-state index contributed by atoms with van der Waals surface area (Å²) in [6, 6.07) is 16.2. The summed E-state index contributed by atoms with van der Waals surface area (Å²) in [6.07, 6.45) is 2.12. The maximum absolute atomic E-state index is 9.36. The van der Waals surface area contributed by atoms with E-state index < -0.39 is 0 Å². The summed E-state index contributed by atoms with van der Waals surface area (Å²) in [6.45, 7) is 3.80. The van der Waals surface area contributed by atoms with Crippen molar-refractivity contribution in [3.63, 3.8) is 0 Å². The third kappa shape index (κ3) is 2.40. The van der Waals surface area contributed by atoms with Crippen molar-refractivity contribution in [3.05, 3.63) is 65.2 Å². The normalized spacial score (nSPS) is 20.2. The van der Waals surface area contributed by atoms with Gasteiger partial charge in [0.1, 0.15) is 5.75 Å². The minimum Gasteiger partial charge on any atom is -0.508 e. The number of ether oxygens (including phenoxy) is 1. The summed E-state index contributed by atoms with van der Waals surface area (Å²) in [5.74, 6) is 0.331. The molecule has 3 heteroatoms. The molecule has 22 heavy (non-hydrogen) atoms. The molecule has 1 fully saturated rings. The third-order valence-electron chi connectivity index (χ3n) is 5.02. The number of hydrogen-bond acceptors (Lipinski definition) is 3. The van der Waals surface area contributed by atoms with Crippen LogP contribution in [0.15, 0.2) is 48.5 Å². The molecule has 3 nitrogen and oxygen atoms in total. The largest absolute Gasteiger partial charge is 0.508 e. The van der Waals surface area contributed by atoms with Gasteiger partial charge in [0.25, 0.3) is 0 Å². The average molecular weight is 295 g/mol. The van der Waals surface area contributed by atoms with Crippen molar-refractivity contribution in [1.82, 2.24) is 4.90 Å². The van der Waals surface area contributed by atoms with E-state index in [4.69, 9.17) is 4.74 Å². The highest BCUT2D eigenvalue weighted by atomic mass is 16.5. The summed E-state index contributed by atoms with van der Waals surface area (Å²) in [5, 5.41) is 9.36. The van der Waals surface area contributed by atoms with Gasteiger partial charge in [-0.2, -0.15) is 0 Å². The van der Waals surface area contributed by atoms with Crippen molar-refractivity contribution < 1.29 is 9.84 Å². The van der Waals surface area contributed by atoms with Crippen LogP contribution >= 0.6 is 0 Å². The molecule has 2 heterocycles. The predicted octanol–water partition coefficient (Wildman–Crippen LogP) is 3.41. The smallest absolute Gasteiger partial charge is 0.115 e. The first-order chi connectivity index (χ1) is 10.8. The molecule has 2 aliphatic heterocycles. The number of piperidine rings is 1. The Hall–Kier alpha value is -1.84. The van der Waals surface area contributed by atoms with Gasteiger partial charge < -0.3 is 9.84 Å². The van der Waals surface area contributed by atoms with Crippen LogP contribution in [0.1, 0.15) is 29.5 Å². The number of benzene rings is 2. The van der Waals surface area contributed by atoms with Gasteiger partial charge in [-0.3, -0.25) is 4.90 Å². The van der Waals surface area contributed by atoms with Gasteiger partial charge in [-0.1, -0.05) is 36.4 Å². The third-order valence-corrected chi connectivity index (χ3v) is 5.02. The zero-order chi connectivity index (χ0) is 15.0. The van der Waals surface area contributed by atoms with E-state index in [2.05, 4.69) is 29.2 Å². The van der Waals surface area contributed by atoms with E-state index >= 15 is 0 Å². The maximum atomic E-state index is 9.36. The molecule has 0 unspecified atom stereocenters. The second-order valence-electron chi connectivity index (χ2n) is 6.38. The molecule has 0 radical (unpaired) electrons. The first kappa shape index (κ1) is 13.8. The van der Waals surface area contributed by atoms with E-state index in [1.54, 1.807) is 12.1 Å². The van der Waals surface area contributed by atoms with Crippen LogP contribution in [0.2, 0.25) is 0 Å². The first-order valence-corrected chi connectivity index (χ1v) is 7.98. The molecule has 0 bridgehead atoms. The lowest BCUT2D eigenvalue weighted by Gasteiger charge is -2.39. The Balaban J connectivity index is 1.44. The molecule has 0 amide bonds. The number of nitrogens with zero attached hydrogens (tertiary/aromatic N) is 1. The molecule has 2 aromatic carbocycles. The second-order valence-corrected chi connectivity index (χ2v) is 6.38. The Morgan fingerprint density at radius 1 is 1.00 bits per heavy atom. The molecular weight excluding hydrogens is 274 g/mol. The number of rotatable bonds is 2. The Labute approximate surface area is 131 Å². The molecule has 0 saturated carbocycles. The fraction of sp³-hybridized carbons (Fsp3) is 0.368. The monoisotopic (exact) mass is 295 g/mol. The Kier molecular flexibility index (Phi) is 3.40. The lowest BCUT2D eigenvalue weighted by Crippen LogP contribution is -2.42. The summed E-state index contributed by atoms with van der Waals surface area (Å²) >= 11 is 0. The number of likely N-dealkylation sites (tertiary alicyclic amines) is 1. The highest BCUT2D eigenvalue weighted by Crippen LogP contribution is 2.44. The van der Waals surface area contributed by atoms with Crippen molar-refractivity contribution in [2.75, 3.05) is 13.1 Å². The molecule has 2 aliphatic rings. The molecule has 1 saturated heterocycles. The highest BCUT2D eigenvalue weighted by Gasteiger charge is 2.42. The van der Waals surface area contributed by atoms with Crippen LogP contribution in [0, 0.1) is 0 Å². The first-order valence-electron chi connectivity index (χ1n) is 7.98. The van der Waals surface area contributed by atoms with Gasteiger partial charge in [-0.25, -0.2) is 0 Å². The highest BCUT2D eigenvalue weighted by molar-refractivity contribution is 5.36. The molecular formula is C19H21NO2. The predicted molar refractivity (Wildman–Crippen MR) is 85.5 cm³/mol. The van der Waals surface area contributed by atoms with Crippen molar-refractivity contribution in [2.45, 2.75) is 31.6 Å². The van der Waals surface area contributed by atoms with Gasteiger partial charge in [0.05, 0.1) is 12.2 Å². The van der Waals surface area contributed by atoms with E-state index in [1.807, 2.05) is 12.1 Å². The SMILES string of the molecule is Oc1ccc(CN2CCC3(CC2)OCc2ccccc23)cc1. The second kappa shape index (κ2) is 5.41. The van der Waals surface area contributed by atoms with Gasteiger partial charge in [0, 0.05) is 19.6 Å². The molecule has 114 valence electrons. The van der Waals surface area contributed by atoms with Crippen molar-refractivity contribution in [1.29, 1.82) is 0 Å². The Morgan fingerprint density at radius 3 is 2.50 bits per heavy atom. The number of phenolic OH excluding ortho intramolecular Hbond substituents is 1. The van der Waals surface area contributed by atoms with Crippen LogP contribution in [-0.2, 0) is 23.5 Å². The average Bonchev–Trinajstić information content (AvgIpc) is 2.91. The van der Waals surface area contributed by atoms with Gasteiger partial charge in [0.15, 0.2) is 0 Å². The van der Waals surface area contributed by atoms with Crippen molar-refractivity contribution >= 4 is 0 Å². The van der Waals surface area contributed by atoms with Crippen LogP contribution in [0.5, 0.6) is 5.75 Å². The zero-order valence-corrected chi connectivity index (χ0v) is 12.7. The minimum absolute atomic E-state index is 0.0535. The quantitative estimate of drug-likeness (QED) is 0.921. The van der Waals surface area contributed by atoms with Crippen LogP contribution in [0.4, 0.5) is 0 Å². The molecule has 4 rings (SSSR count). The molecule has 0 atom stereocenters. The van der Waals surface area contributed by atoms with E-state index in [0.29, 0.717) is 5.75 Å². The van der Waals surface area contributed by atoms with E-state index in [-0.39, 0.29) is 5.60 Å². The zero-order valence-electron chi connectivity index (χ0n) is 12.7. The van der Waals surface area contributed by atoms with Crippen molar-refractivity contribution in [2.24, 2.45) is 0 Å². The number of phenols is 1. The number of hydrogen-bond donors (Lipinski definition) is 1. The van der Waals surface area contributed by atoms with Crippen LogP contribution in [0.3, 0.4) is 0 Å². The van der Waals surface area contributed by atoms with E-state index in [9.17, 15) is 5.11 Å². The number of fused-ring (bicyclic) bond motifs is 2. The van der Waals surface area contributed by atoms with E-state index in [1.165, 1.54) is 16.7 Å². The molecule has 0 aromatic heterocycles. The summed E-state index contributed by atoms with van der Waals surface area (Å²) in [7, 11) is 0. The Morgan fingerprint density at radius 2 is 1.73 bits per heavy atom. The fourth-order valence-corrected chi connectivity index (χ4v) is 3.73. The van der Waals surface area contributed by atoms with Gasteiger partial charge in [0.2, 0.25) is 0 Å². The van der Waals surface area contributed by atoms with E-state index in [0.717, 1.165) is 39.1 Å². The lowest BCUT2D eigenvalue weighted by molar-refractivity contribution is -0.0799. The van der Waals surface area contributed by atoms with Gasteiger partial charge >= 0.3 is 0 Å². The Bertz CT molecular complexity index is 657. The topological polar surface area (TPSA) is 32.7 Å². The summed E-state index contributed by atoms with van der Waals surface area (Å²) in [5.41, 5.74) is 3.96. The van der Waals surface area contributed by atoms with Crippen molar-refractivity contribution in [3.8, 4) is 5.75 Å². The molecule has 2 aromatic rings. The standard InChI is InChI=1S/C19H21NO2/c21-17-7-5-15(6-8-17)13-20-11-9-19(10-12-20)18-4-2-1-3-16(18)14-22-19/h1-8,21H,9-14H2. The van der Waals surface area contributed by atoms with Gasteiger partial charge in [-0.05, 0) is 41.7 Å². The van der Waals surface area contributed by atoms with Crippen LogP contribution in [-0.4, -0.2) is 23.1 Å².